The van der Waals surface area contributed by atoms with Gasteiger partial charge in [-0.25, -0.2) is 4.79 Å². The molecule has 0 aliphatic carbocycles. The zero-order valence-corrected chi connectivity index (χ0v) is 8.04. The normalized spacial score (nSPS) is 9.86. The summed E-state index contributed by atoms with van der Waals surface area (Å²) in [5.41, 5.74) is -0.677. The number of benzene rings is 1. The summed E-state index contributed by atoms with van der Waals surface area (Å²) >= 11 is 11.0. The van der Waals surface area contributed by atoms with Gasteiger partial charge in [0.15, 0.2) is 0 Å². The predicted octanol–water partition coefficient (Wildman–Crippen LogP) is 2.60. The maximum atomic E-state index is 10.5. The Hall–Kier alpha value is -1.33. The summed E-state index contributed by atoms with van der Waals surface area (Å²) in [4.78, 5) is 20.2. The minimum Gasteiger partial charge on any atom is -0.478 e. The average Bonchev–Trinajstić information content (AvgIpc) is 2.08. The molecule has 74 valence electrons. The molecule has 0 saturated carbocycles. The third-order valence-corrected chi connectivity index (χ3v) is 2.36. The van der Waals surface area contributed by atoms with Gasteiger partial charge in [0.25, 0.3) is 5.69 Å². The van der Waals surface area contributed by atoms with E-state index in [1.807, 2.05) is 0 Å². The van der Waals surface area contributed by atoms with Gasteiger partial charge in [-0.3, -0.25) is 10.1 Å². The Morgan fingerprint density at radius 3 is 2.36 bits per heavy atom. The molecule has 0 saturated heterocycles. The Labute approximate surface area is 88.0 Å². The Morgan fingerprint density at radius 1 is 1.36 bits per heavy atom. The van der Waals surface area contributed by atoms with Crippen molar-refractivity contribution in [3.05, 3.63) is 37.9 Å². The van der Waals surface area contributed by atoms with Gasteiger partial charge in [-0.2, -0.15) is 0 Å². The Bertz CT molecular complexity index is 379. The van der Waals surface area contributed by atoms with Crippen molar-refractivity contribution < 1.29 is 14.8 Å². The molecule has 0 atom stereocenters. The maximum absolute atomic E-state index is 10.5. The van der Waals surface area contributed by atoms with Crippen molar-refractivity contribution >= 4 is 34.9 Å². The summed E-state index contributed by atoms with van der Waals surface area (Å²) in [5, 5.41) is 18.3. The number of carboxylic acids is 1. The van der Waals surface area contributed by atoms with Crippen LogP contribution >= 0.6 is 23.2 Å². The van der Waals surface area contributed by atoms with Crippen LogP contribution in [-0.2, 0) is 0 Å². The second kappa shape index (κ2) is 3.81. The molecule has 0 heterocycles. The fourth-order valence-electron chi connectivity index (χ4n) is 0.845. The fourth-order valence-corrected chi connectivity index (χ4v) is 1.32. The molecule has 1 aromatic carbocycles. The maximum Gasteiger partial charge on any atom is 0.337 e. The van der Waals surface area contributed by atoms with E-state index in [2.05, 4.69) is 0 Å². The lowest BCUT2D eigenvalue weighted by molar-refractivity contribution is -0.384. The van der Waals surface area contributed by atoms with Gasteiger partial charge in [-0.1, -0.05) is 23.2 Å². The van der Waals surface area contributed by atoms with Crippen molar-refractivity contribution in [2.24, 2.45) is 0 Å². The average molecular weight is 236 g/mol. The van der Waals surface area contributed by atoms with Gasteiger partial charge in [0.05, 0.1) is 15.5 Å². The molecule has 0 aliphatic heterocycles. The summed E-state index contributed by atoms with van der Waals surface area (Å²) in [6, 6.07) is 2.03. The van der Waals surface area contributed by atoms with Crippen molar-refractivity contribution in [2.75, 3.05) is 0 Å². The summed E-state index contributed by atoms with van der Waals surface area (Å²) in [6.45, 7) is 0. The van der Waals surface area contributed by atoms with Crippen molar-refractivity contribution in [3.63, 3.8) is 0 Å². The lowest BCUT2D eigenvalue weighted by Crippen LogP contribution is -1.99. The number of nitro groups is 1. The molecule has 7 heteroatoms. The van der Waals surface area contributed by atoms with Gasteiger partial charge in [0, 0.05) is 6.07 Å². The number of nitro benzene ring substituents is 1. The topological polar surface area (TPSA) is 80.4 Å². The van der Waals surface area contributed by atoms with E-state index in [-0.39, 0.29) is 15.6 Å². The van der Waals surface area contributed by atoms with Crippen LogP contribution in [0.15, 0.2) is 12.1 Å². The molecule has 0 bridgehead atoms. The number of carboxylic acid groups (broad SMARTS) is 1. The van der Waals surface area contributed by atoms with Crippen molar-refractivity contribution in [3.8, 4) is 0 Å². The SMILES string of the molecule is O=C(O)c1ccc([N+](=O)[O-])c(Cl)c1Cl. The van der Waals surface area contributed by atoms with E-state index >= 15 is 0 Å². The van der Waals surface area contributed by atoms with Crippen LogP contribution in [0, 0.1) is 10.1 Å². The van der Waals surface area contributed by atoms with Gasteiger partial charge in [0.1, 0.15) is 5.02 Å². The molecular formula is C7H3Cl2NO4. The predicted molar refractivity (Wildman–Crippen MR) is 50.1 cm³/mol. The molecule has 0 unspecified atom stereocenters. The molecule has 1 aromatic rings. The van der Waals surface area contributed by atoms with Crippen molar-refractivity contribution in [1.29, 1.82) is 0 Å². The van der Waals surface area contributed by atoms with Crippen LogP contribution < -0.4 is 0 Å². The quantitative estimate of drug-likeness (QED) is 0.631. The lowest BCUT2D eigenvalue weighted by atomic mass is 10.2. The van der Waals surface area contributed by atoms with E-state index in [9.17, 15) is 14.9 Å². The number of hydrogen-bond acceptors (Lipinski definition) is 3. The van der Waals surface area contributed by atoms with Crippen LogP contribution in [0.2, 0.25) is 10.0 Å². The van der Waals surface area contributed by atoms with Crippen LogP contribution in [0.1, 0.15) is 10.4 Å². The summed E-state index contributed by atoms with van der Waals surface area (Å²) in [5.74, 6) is -1.29. The van der Waals surface area contributed by atoms with Crippen LogP contribution in [0.4, 0.5) is 5.69 Å². The summed E-state index contributed by atoms with van der Waals surface area (Å²) < 4.78 is 0. The van der Waals surface area contributed by atoms with E-state index in [0.717, 1.165) is 12.1 Å². The first-order chi connectivity index (χ1) is 6.45. The Balaban J connectivity index is 3.41. The third-order valence-electron chi connectivity index (χ3n) is 1.49. The number of halogens is 2. The third kappa shape index (κ3) is 1.78. The van der Waals surface area contributed by atoms with Crippen molar-refractivity contribution in [1.82, 2.24) is 0 Å². The first kappa shape index (κ1) is 10.7. The fraction of sp³-hybridized carbons (Fsp3) is 0. The van der Waals surface area contributed by atoms with E-state index in [1.165, 1.54) is 0 Å². The number of nitrogens with zero attached hydrogens (tertiary/aromatic N) is 1. The van der Waals surface area contributed by atoms with Crippen LogP contribution in [0.25, 0.3) is 0 Å². The minimum atomic E-state index is -1.29. The van der Waals surface area contributed by atoms with E-state index in [0.29, 0.717) is 0 Å². The number of rotatable bonds is 2. The molecular weight excluding hydrogens is 233 g/mol. The van der Waals surface area contributed by atoms with Gasteiger partial charge < -0.3 is 5.11 Å². The van der Waals surface area contributed by atoms with Gasteiger partial charge in [0.2, 0.25) is 0 Å². The second-order valence-electron chi connectivity index (χ2n) is 2.32. The molecule has 1 N–H and O–H groups in total. The molecule has 0 radical (unpaired) electrons. The molecule has 0 aromatic heterocycles. The van der Waals surface area contributed by atoms with Crippen molar-refractivity contribution in [2.45, 2.75) is 0 Å². The van der Waals surface area contributed by atoms with Crippen LogP contribution in [0.3, 0.4) is 0 Å². The highest BCUT2D eigenvalue weighted by molar-refractivity contribution is 6.45. The van der Waals surface area contributed by atoms with Gasteiger partial charge >= 0.3 is 5.97 Å². The molecule has 1 rings (SSSR count). The summed E-state index contributed by atoms with van der Waals surface area (Å²) in [6.07, 6.45) is 0. The molecule has 0 fully saturated rings. The standard InChI is InChI=1S/C7H3Cl2NO4/c8-5-3(7(11)12)1-2-4(6(5)9)10(13)14/h1-2H,(H,11,12). The monoisotopic (exact) mass is 235 g/mol. The van der Waals surface area contributed by atoms with E-state index in [4.69, 9.17) is 28.3 Å². The Morgan fingerprint density at radius 2 is 1.93 bits per heavy atom. The van der Waals surface area contributed by atoms with Gasteiger partial charge in [-0.05, 0) is 6.07 Å². The first-order valence-electron chi connectivity index (χ1n) is 3.31. The van der Waals surface area contributed by atoms with E-state index in [1.54, 1.807) is 0 Å². The zero-order chi connectivity index (χ0) is 10.9. The molecule has 0 aliphatic rings. The van der Waals surface area contributed by atoms with Crippen LogP contribution in [0.5, 0.6) is 0 Å². The second-order valence-corrected chi connectivity index (χ2v) is 3.08. The first-order valence-corrected chi connectivity index (χ1v) is 4.06. The van der Waals surface area contributed by atoms with Gasteiger partial charge in [-0.15, -0.1) is 0 Å². The molecule has 0 spiro atoms. The van der Waals surface area contributed by atoms with Crippen LogP contribution in [-0.4, -0.2) is 16.0 Å². The zero-order valence-electron chi connectivity index (χ0n) is 6.53. The smallest absolute Gasteiger partial charge is 0.337 e. The highest BCUT2D eigenvalue weighted by Crippen LogP contribution is 2.34. The van der Waals surface area contributed by atoms with E-state index < -0.39 is 16.6 Å². The molecule has 0 amide bonds. The number of aromatic carboxylic acids is 1. The highest BCUT2D eigenvalue weighted by atomic mass is 35.5. The number of hydrogen-bond donors (Lipinski definition) is 1. The Kier molecular flexibility index (Phi) is 2.93. The summed E-state index contributed by atoms with van der Waals surface area (Å²) in [7, 11) is 0. The highest BCUT2D eigenvalue weighted by Gasteiger charge is 2.20. The minimum absolute atomic E-state index is 0.262. The number of carbonyl (C=O) groups is 1. The lowest BCUT2D eigenvalue weighted by Gasteiger charge is -2.01. The molecule has 14 heavy (non-hydrogen) atoms. The largest absolute Gasteiger partial charge is 0.478 e. The molecule has 5 nitrogen and oxygen atoms in total.